The number of urea groups is 1. The molecule has 0 unspecified atom stereocenters. The van der Waals surface area contributed by atoms with Crippen molar-refractivity contribution in [1.82, 2.24) is 16.0 Å². The average Bonchev–Trinajstić information content (AvgIpc) is 3.09. The van der Waals surface area contributed by atoms with Crippen molar-refractivity contribution in [1.29, 1.82) is 0 Å². The third-order valence-electron chi connectivity index (χ3n) is 6.27. The summed E-state index contributed by atoms with van der Waals surface area (Å²) in [7, 11) is 0. The van der Waals surface area contributed by atoms with Gasteiger partial charge in [-0.2, -0.15) is 0 Å². The van der Waals surface area contributed by atoms with Crippen molar-refractivity contribution in [3.05, 3.63) is 35.9 Å². The molecule has 1 aromatic carbocycles. The number of rotatable bonds is 4. The molecule has 0 aromatic heterocycles. The SMILES string of the molecule is O=C1NC(=O)[C@@]2(CCC[C@H]2CNC(=O)C2(c3ccccc3)CCC2)N1. The van der Waals surface area contributed by atoms with Crippen LogP contribution >= 0.6 is 0 Å². The lowest BCUT2D eigenvalue weighted by atomic mass is 9.63. The lowest BCUT2D eigenvalue weighted by Gasteiger charge is -2.41. The first kappa shape index (κ1) is 16.1. The average molecular weight is 341 g/mol. The Labute approximate surface area is 146 Å². The zero-order chi connectivity index (χ0) is 17.5. The molecule has 1 aliphatic heterocycles. The molecular formula is C19H23N3O3. The molecular weight excluding hydrogens is 318 g/mol. The number of amides is 4. The van der Waals surface area contributed by atoms with Crippen LogP contribution in [-0.2, 0) is 15.0 Å². The molecule has 3 aliphatic rings. The molecule has 3 fully saturated rings. The molecule has 6 nitrogen and oxygen atoms in total. The van der Waals surface area contributed by atoms with Crippen molar-refractivity contribution in [2.24, 2.45) is 5.92 Å². The molecule has 2 atom stereocenters. The van der Waals surface area contributed by atoms with E-state index < -0.39 is 17.0 Å². The zero-order valence-electron chi connectivity index (χ0n) is 14.1. The minimum absolute atomic E-state index is 0.0386. The van der Waals surface area contributed by atoms with Crippen molar-refractivity contribution in [3.63, 3.8) is 0 Å². The van der Waals surface area contributed by atoms with Gasteiger partial charge in [0.05, 0.1) is 5.41 Å². The van der Waals surface area contributed by atoms with E-state index >= 15 is 0 Å². The van der Waals surface area contributed by atoms with E-state index in [1.807, 2.05) is 30.3 Å². The van der Waals surface area contributed by atoms with Gasteiger partial charge in [-0.05, 0) is 31.2 Å². The van der Waals surface area contributed by atoms with Crippen molar-refractivity contribution in [2.45, 2.75) is 49.5 Å². The molecule has 1 spiro atoms. The molecule has 1 heterocycles. The minimum Gasteiger partial charge on any atom is -0.355 e. The monoisotopic (exact) mass is 341 g/mol. The van der Waals surface area contributed by atoms with E-state index in [9.17, 15) is 14.4 Å². The summed E-state index contributed by atoms with van der Waals surface area (Å²) in [4.78, 5) is 36.8. The first-order valence-corrected chi connectivity index (χ1v) is 9.04. The maximum atomic E-state index is 13.0. The van der Waals surface area contributed by atoms with Crippen LogP contribution in [0, 0.1) is 5.92 Å². The van der Waals surface area contributed by atoms with Crippen molar-refractivity contribution < 1.29 is 14.4 Å². The molecule has 0 bridgehead atoms. The highest BCUT2D eigenvalue weighted by atomic mass is 16.2. The summed E-state index contributed by atoms with van der Waals surface area (Å²) < 4.78 is 0. The number of nitrogens with one attached hydrogen (secondary N) is 3. The maximum absolute atomic E-state index is 13.0. The number of benzene rings is 1. The third kappa shape index (κ3) is 2.42. The molecule has 132 valence electrons. The van der Waals surface area contributed by atoms with E-state index in [2.05, 4.69) is 16.0 Å². The summed E-state index contributed by atoms with van der Waals surface area (Å²) in [6.45, 7) is 0.418. The molecule has 0 radical (unpaired) electrons. The van der Waals surface area contributed by atoms with Crippen LogP contribution in [-0.4, -0.2) is 29.9 Å². The fraction of sp³-hybridized carbons (Fsp3) is 0.526. The van der Waals surface area contributed by atoms with Crippen LogP contribution in [0.5, 0.6) is 0 Å². The van der Waals surface area contributed by atoms with Gasteiger partial charge in [0.25, 0.3) is 5.91 Å². The van der Waals surface area contributed by atoms with Crippen LogP contribution in [0.3, 0.4) is 0 Å². The quantitative estimate of drug-likeness (QED) is 0.727. The predicted molar refractivity (Wildman–Crippen MR) is 91.7 cm³/mol. The van der Waals surface area contributed by atoms with Crippen LogP contribution in [0.1, 0.15) is 44.1 Å². The van der Waals surface area contributed by atoms with Gasteiger partial charge in [-0.1, -0.05) is 43.2 Å². The van der Waals surface area contributed by atoms with E-state index in [-0.39, 0.29) is 17.7 Å². The Morgan fingerprint density at radius 1 is 1.12 bits per heavy atom. The van der Waals surface area contributed by atoms with Crippen LogP contribution < -0.4 is 16.0 Å². The molecule has 1 aromatic rings. The second-order valence-corrected chi connectivity index (χ2v) is 7.48. The highest BCUT2D eigenvalue weighted by Gasteiger charge is 2.54. The van der Waals surface area contributed by atoms with E-state index in [0.717, 1.165) is 37.7 Å². The summed E-state index contributed by atoms with van der Waals surface area (Å²) in [5.74, 6) is -0.275. The molecule has 6 heteroatoms. The number of hydrogen-bond donors (Lipinski definition) is 3. The first-order chi connectivity index (χ1) is 12.1. The van der Waals surface area contributed by atoms with Crippen molar-refractivity contribution >= 4 is 17.8 Å². The highest BCUT2D eigenvalue weighted by molar-refractivity contribution is 6.07. The Morgan fingerprint density at radius 2 is 1.88 bits per heavy atom. The van der Waals surface area contributed by atoms with E-state index in [1.54, 1.807) is 0 Å². The fourth-order valence-electron chi connectivity index (χ4n) is 4.64. The largest absolute Gasteiger partial charge is 0.355 e. The molecule has 2 saturated carbocycles. The molecule has 25 heavy (non-hydrogen) atoms. The second kappa shape index (κ2) is 5.86. The molecule has 4 rings (SSSR count). The second-order valence-electron chi connectivity index (χ2n) is 7.48. The number of carbonyl (C=O) groups is 3. The lowest BCUT2D eigenvalue weighted by molar-refractivity contribution is -0.131. The first-order valence-electron chi connectivity index (χ1n) is 9.04. The molecule has 1 saturated heterocycles. The molecule has 4 amide bonds. The Bertz CT molecular complexity index is 714. The van der Waals surface area contributed by atoms with Gasteiger partial charge in [0.15, 0.2) is 0 Å². The Balaban J connectivity index is 1.47. The number of imide groups is 1. The van der Waals surface area contributed by atoms with Gasteiger partial charge in [-0.15, -0.1) is 0 Å². The van der Waals surface area contributed by atoms with Gasteiger partial charge < -0.3 is 10.6 Å². The number of hydrogen-bond acceptors (Lipinski definition) is 3. The standard InChI is InChI=1S/C19H23N3O3/c23-15(18(9-5-10-18)13-6-2-1-3-7-13)20-12-14-8-4-11-19(14)16(24)21-17(25)22-19/h1-3,6-7,14H,4-5,8-12H2,(H,20,23)(H2,21,22,24,25)/t14-,19-/m0/s1. The minimum atomic E-state index is -0.843. The van der Waals surface area contributed by atoms with Crippen molar-refractivity contribution in [2.75, 3.05) is 6.54 Å². The molecule has 2 aliphatic carbocycles. The fourth-order valence-corrected chi connectivity index (χ4v) is 4.64. The van der Waals surface area contributed by atoms with Crippen LogP contribution in [0.4, 0.5) is 4.79 Å². The summed E-state index contributed by atoms with van der Waals surface area (Å²) in [5.41, 5.74) is -0.218. The van der Waals surface area contributed by atoms with Gasteiger partial charge in [0, 0.05) is 12.5 Å². The van der Waals surface area contributed by atoms with E-state index in [0.29, 0.717) is 13.0 Å². The maximum Gasteiger partial charge on any atom is 0.322 e. The smallest absolute Gasteiger partial charge is 0.322 e. The normalized spacial score (nSPS) is 29.8. The van der Waals surface area contributed by atoms with Crippen LogP contribution in [0.15, 0.2) is 30.3 Å². The van der Waals surface area contributed by atoms with Gasteiger partial charge in [0.2, 0.25) is 5.91 Å². The van der Waals surface area contributed by atoms with Gasteiger partial charge >= 0.3 is 6.03 Å². The Morgan fingerprint density at radius 3 is 2.48 bits per heavy atom. The van der Waals surface area contributed by atoms with E-state index in [1.165, 1.54) is 0 Å². The zero-order valence-corrected chi connectivity index (χ0v) is 14.1. The lowest BCUT2D eigenvalue weighted by Crippen LogP contribution is -2.55. The van der Waals surface area contributed by atoms with Gasteiger partial charge in [-0.25, -0.2) is 4.79 Å². The number of carbonyl (C=O) groups excluding carboxylic acids is 3. The Hall–Kier alpha value is -2.37. The summed E-state index contributed by atoms with van der Waals surface area (Å²) >= 11 is 0. The highest BCUT2D eigenvalue weighted by Crippen LogP contribution is 2.44. The summed E-state index contributed by atoms with van der Waals surface area (Å²) in [6, 6.07) is 9.49. The Kier molecular flexibility index (Phi) is 3.78. The van der Waals surface area contributed by atoms with Crippen LogP contribution in [0.25, 0.3) is 0 Å². The van der Waals surface area contributed by atoms with E-state index in [4.69, 9.17) is 0 Å². The predicted octanol–water partition coefficient (Wildman–Crippen LogP) is 1.60. The topological polar surface area (TPSA) is 87.3 Å². The van der Waals surface area contributed by atoms with Gasteiger partial charge in [-0.3, -0.25) is 14.9 Å². The summed E-state index contributed by atoms with van der Waals surface area (Å²) in [6.07, 6.45) is 5.10. The van der Waals surface area contributed by atoms with Crippen LogP contribution in [0.2, 0.25) is 0 Å². The van der Waals surface area contributed by atoms with Gasteiger partial charge in [0.1, 0.15) is 5.54 Å². The molecule has 3 N–H and O–H groups in total. The van der Waals surface area contributed by atoms with Crippen molar-refractivity contribution in [3.8, 4) is 0 Å². The third-order valence-corrected chi connectivity index (χ3v) is 6.27. The summed E-state index contributed by atoms with van der Waals surface area (Å²) in [5, 5.41) is 8.23.